The highest BCUT2D eigenvalue weighted by atomic mass is 14.9. The van der Waals surface area contributed by atoms with E-state index in [1.807, 2.05) is 6.07 Å². The number of nitrogens with zero attached hydrogens (tertiary/aromatic N) is 2. The summed E-state index contributed by atoms with van der Waals surface area (Å²) in [6.45, 7) is 0. The number of nitriles is 1. The number of rotatable bonds is 0. The summed E-state index contributed by atoms with van der Waals surface area (Å²) < 4.78 is 0. The predicted octanol–water partition coefficient (Wildman–Crippen LogP) is 0.953. The monoisotopic (exact) mass is 106 g/mol. The summed E-state index contributed by atoms with van der Waals surface area (Å²) in [4.78, 5) is 3.73. The average Bonchev–Trinajstić information content (AvgIpc) is 1.90. The van der Waals surface area contributed by atoms with E-state index >= 15 is 0 Å². The fourth-order valence-electron chi connectivity index (χ4n) is 0.429. The number of aromatic nitrogens is 1. The molecule has 0 spiro atoms. The van der Waals surface area contributed by atoms with Crippen LogP contribution < -0.4 is 0 Å². The van der Waals surface area contributed by atoms with E-state index in [0.717, 1.165) is 0 Å². The van der Waals surface area contributed by atoms with Crippen molar-refractivity contribution in [1.82, 2.24) is 4.98 Å². The third-order valence-corrected chi connectivity index (χ3v) is 0.791. The molecule has 0 atom stereocenters. The molecule has 0 aliphatic rings. The van der Waals surface area contributed by atoms with Crippen LogP contribution in [0, 0.1) is 11.3 Å². The molecule has 1 rings (SSSR count). The van der Waals surface area contributed by atoms with Gasteiger partial charge < -0.3 is 0 Å². The lowest BCUT2D eigenvalue weighted by atomic mass is 10.4. The Morgan fingerprint density at radius 2 is 2.50 bits per heavy atom. The Balaban J connectivity index is 3.05. The average molecular weight is 106 g/mol. The summed E-state index contributed by atoms with van der Waals surface area (Å²) in [5.41, 5.74) is 0.604. The Kier molecular flexibility index (Phi) is 1.25. The van der Waals surface area contributed by atoms with Gasteiger partial charge in [0.1, 0.15) is 6.07 Å². The van der Waals surface area contributed by atoms with E-state index in [0.29, 0.717) is 5.56 Å². The smallest absolute Gasteiger partial charge is 0.101 e. The van der Waals surface area contributed by atoms with E-state index < -0.39 is 0 Å². The zero-order valence-electron chi connectivity index (χ0n) is 4.20. The van der Waals surface area contributed by atoms with E-state index in [1.54, 1.807) is 18.3 Å². The molecule has 0 unspecified atom stereocenters. The largest absolute Gasteiger partial charge is 0.263 e. The second-order valence-electron chi connectivity index (χ2n) is 1.35. The molecule has 0 N–H and O–H groups in total. The Labute approximate surface area is 47.4 Å². The fraction of sp³-hybridized carbons (Fsp3) is 0. The van der Waals surface area contributed by atoms with E-state index in [9.17, 15) is 0 Å². The van der Waals surface area contributed by atoms with Crippen molar-refractivity contribution in [3.8, 4) is 6.07 Å². The molecule has 0 aliphatic carbocycles. The van der Waals surface area contributed by atoms with Crippen molar-refractivity contribution in [1.29, 1.82) is 5.26 Å². The van der Waals surface area contributed by atoms with Crippen molar-refractivity contribution < 1.29 is 0 Å². The number of pyridine rings is 1. The Hall–Kier alpha value is -1.36. The molecule has 1 heterocycles. The minimum absolute atomic E-state index is 0.604. The first-order valence-corrected chi connectivity index (χ1v) is 2.23. The van der Waals surface area contributed by atoms with E-state index in [-0.39, 0.29) is 0 Å². The summed E-state index contributed by atoms with van der Waals surface area (Å²) in [7, 11) is 0. The topological polar surface area (TPSA) is 36.7 Å². The number of hydrogen-bond acceptors (Lipinski definition) is 2. The fourth-order valence-corrected chi connectivity index (χ4v) is 0.429. The summed E-state index contributed by atoms with van der Waals surface area (Å²) in [5.74, 6) is 0. The predicted molar refractivity (Wildman–Crippen MR) is 29.0 cm³/mol. The molecule has 0 radical (unpaired) electrons. The third-order valence-electron chi connectivity index (χ3n) is 0.791. The van der Waals surface area contributed by atoms with Gasteiger partial charge in [-0.1, -0.05) is 0 Å². The Bertz CT molecular complexity index is 198. The third kappa shape index (κ3) is 0.824. The van der Waals surface area contributed by atoms with Crippen LogP contribution in [0.4, 0.5) is 0 Å². The molecular formula is C6H4N2. The van der Waals surface area contributed by atoms with E-state index in [2.05, 4.69) is 4.98 Å². The molecule has 1 aromatic rings. The van der Waals surface area contributed by atoms with Gasteiger partial charge in [0.15, 0.2) is 0 Å². The van der Waals surface area contributed by atoms with E-state index in [4.69, 9.17) is 5.26 Å². The maximum Gasteiger partial charge on any atom is 0.101 e. The van der Waals surface area contributed by atoms with Crippen LogP contribution in [0.3, 0.4) is 0 Å². The van der Waals surface area contributed by atoms with Crippen molar-refractivity contribution in [2.24, 2.45) is 0 Å². The van der Waals surface area contributed by atoms with Gasteiger partial charge in [-0.15, -0.1) is 0 Å². The van der Waals surface area contributed by atoms with Crippen molar-refractivity contribution in [2.75, 3.05) is 0 Å². The second-order valence-corrected chi connectivity index (χ2v) is 1.35. The molecule has 0 aliphatic heterocycles. The maximum absolute atomic E-state index is 8.25. The highest BCUT2D eigenvalue weighted by molar-refractivity contribution is 5.23. The van der Waals surface area contributed by atoms with E-state index in [1.165, 1.54) is 6.20 Å². The highest BCUT2D eigenvalue weighted by Crippen LogP contribution is 1.89. The summed E-state index contributed by atoms with van der Waals surface area (Å²) >= 11 is 0. The Morgan fingerprint density at radius 3 is 2.88 bits per heavy atom. The summed E-state index contributed by atoms with van der Waals surface area (Å²) in [5, 5.41) is 8.25. The zero-order chi connectivity index (χ0) is 5.82. The molecular weight excluding hydrogens is 102 g/mol. The lowest BCUT2D eigenvalue weighted by Gasteiger charge is -1.79. The van der Waals surface area contributed by atoms with Crippen LogP contribution in [0.2, 0.25) is 0 Å². The van der Waals surface area contributed by atoms with Crippen molar-refractivity contribution >= 4 is 0 Å². The van der Waals surface area contributed by atoms with Gasteiger partial charge in [-0.05, 0) is 12.1 Å². The van der Waals surface area contributed by atoms with Gasteiger partial charge in [-0.2, -0.15) is 5.26 Å². The van der Waals surface area contributed by atoms with Gasteiger partial charge >= 0.3 is 0 Å². The van der Waals surface area contributed by atoms with Crippen molar-refractivity contribution in [3.05, 3.63) is 30.1 Å². The van der Waals surface area contributed by atoms with Crippen molar-refractivity contribution in [3.63, 3.8) is 0 Å². The van der Waals surface area contributed by atoms with Crippen LogP contribution in [0.25, 0.3) is 0 Å². The van der Waals surface area contributed by atoms with Gasteiger partial charge in [0.05, 0.1) is 5.56 Å². The van der Waals surface area contributed by atoms with Gasteiger partial charge in [0.2, 0.25) is 0 Å². The summed E-state index contributed by atoms with van der Waals surface area (Å²) in [6, 6.07) is 5.41. The maximum atomic E-state index is 8.25. The van der Waals surface area contributed by atoms with Crippen LogP contribution in [0.15, 0.2) is 24.5 Å². The second kappa shape index (κ2) is 2.08. The van der Waals surface area contributed by atoms with Crippen LogP contribution >= 0.6 is 0 Å². The minimum Gasteiger partial charge on any atom is -0.263 e. The van der Waals surface area contributed by atoms with Gasteiger partial charge in [-0.3, -0.25) is 4.98 Å². The Morgan fingerprint density at radius 1 is 1.62 bits per heavy atom. The lowest BCUT2D eigenvalue weighted by molar-refractivity contribution is 1.30. The first-order valence-electron chi connectivity index (χ1n) is 2.23. The quantitative estimate of drug-likeness (QED) is 0.493. The molecule has 0 amide bonds. The van der Waals surface area contributed by atoms with Crippen LogP contribution in [-0.4, -0.2) is 4.98 Å². The molecule has 0 aromatic carbocycles. The highest BCUT2D eigenvalue weighted by Gasteiger charge is 1.80. The van der Waals surface area contributed by atoms with Crippen LogP contribution in [-0.2, 0) is 0 Å². The van der Waals surface area contributed by atoms with Crippen LogP contribution in [0.5, 0.6) is 0 Å². The summed E-state index contributed by atoms with van der Waals surface area (Å²) in [6.07, 6.45) is 3.17. The molecule has 0 fully saturated rings. The van der Waals surface area contributed by atoms with Crippen LogP contribution in [0.1, 0.15) is 5.56 Å². The molecule has 2 heteroatoms. The molecule has 8 heavy (non-hydrogen) atoms. The molecule has 1 aromatic heterocycles. The first kappa shape index (κ1) is 4.79. The molecule has 38 valence electrons. The first-order chi connectivity index (χ1) is 3.93. The molecule has 0 bridgehead atoms. The minimum atomic E-state index is 0.604. The standard InChI is InChI=1S/C6H4N2/c7-4-6-2-1-3-8-5-6/h1-3,5H/i4+2. The number of hydrogen-bond donors (Lipinski definition) is 0. The SMILES string of the molecule is N#[14C]c1cccnc1. The van der Waals surface area contributed by atoms with Gasteiger partial charge in [-0.25, -0.2) is 0 Å². The zero-order valence-corrected chi connectivity index (χ0v) is 4.20. The molecule has 0 saturated carbocycles. The molecule has 0 saturated heterocycles. The van der Waals surface area contributed by atoms with Crippen molar-refractivity contribution in [2.45, 2.75) is 0 Å². The van der Waals surface area contributed by atoms with Gasteiger partial charge in [0.25, 0.3) is 0 Å². The molecule has 2 nitrogen and oxygen atoms in total. The van der Waals surface area contributed by atoms with Gasteiger partial charge in [0, 0.05) is 12.4 Å². The normalized spacial score (nSPS) is 7.88. The lowest BCUT2D eigenvalue weighted by Crippen LogP contribution is -1.72.